The maximum atomic E-state index is 12.3. The Balaban J connectivity index is 2.05. The second-order valence-electron chi connectivity index (χ2n) is 5.63. The first kappa shape index (κ1) is 17.5. The fourth-order valence-electron chi connectivity index (χ4n) is 2.44. The Bertz CT molecular complexity index is 646. The summed E-state index contributed by atoms with van der Waals surface area (Å²) in [6.07, 6.45) is 0. The molecular weight excluding hydrogens is 310 g/mol. The number of amides is 1. The zero-order chi connectivity index (χ0) is 16.8. The van der Waals surface area contributed by atoms with E-state index < -0.39 is 6.04 Å². The van der Waals surface area contributed by atoms with Crippen LogP contribution in [0.4, 0.5) is 0 Å². The van der Waals surface area contributed by atoms with Gasteiger partial charge in [-0.1, -0.05) is 60.1 Å². The molecule has 5 heteroatoms. The summed E-state index contributed by atoms with van der Waals surface area (Å²) in [6, 6.07) is 16.3. The van der Waals surface area contributed by atoms with Gasteiger partial charge in [0.2, 0.25) is 5.91 Å². The number of rotatable bonds is 6. The molecule has 0 spiro atoms. The molecule has 0 saturated carbocycles. The van der Waals surface area contributed by atoms with Crippen LogP contribution in [-0.4, -0.2) is 31.4 Å². The molecule has 0 aromatic heterocycles. The van der Waals surface area contributed by atoms with E-state index >= 15 is 0 Å². The highest BCUT2D eigenvalue weighted by molar-refractivity contribution is 6.31. The summed E-state index contributed by atoms with van der Waals surface area (Å²) in [5, 5.41) is 3.61. The number of carbonyl (C=O) groups is 1. The Morgan fingerprint density at radius 3 is 2.35 bits per heavy atom. The van der Waals surface area contributed by atoms with Crippen molar-refractivity contribution in [2.45, 2.75) is 12.1 Å². The van der Waals surface area contributed by atoms with E-state index in [0.717, 1.165) is 11.1 Å². The van der Waals surface area contributed by atoms with Crippen LogP contribution in [0.25, 0.3) is 0 Å². The maximum Gasteiger partial charge on any atom is 0.241 e. The van der Waals surface area contributed by atoms with Crippen molar-refractivity contribution in [2.24, 2.45) is 5.73 Å². The molecule has 0 fully saturated rings. The number of nitrogens with one attached hydrogen (secondary N) is 1. The molecule has 2 unspecified atom stereocenters. The van der Waals surface area contributed by atoms with E-state index in [1.165, 1.54) is 0 Å². The van der Waals surface area contributed by atoms with Crippen LogP contribution in [-0.2, 0) is 4.79 Å². The van der Waals surface area contributed by atoms with Crippen LogP contribution in [0.5, 0.6) is 0 Å². The highest BCUT2D eigenvalue weighted by atomic mass is 35.5. The SMILES string of the molecule is CN(C)C(CNC(=O)C(N)c1ccccc1)c1ccccc1Cl. The van der Waals surface area contributed by atoms with Gasteiger partial charge >= 0.3 is 0 Å². The lowest BCUT2D eigenvalue weighted by atomic mass is 10.0. The van der Waals surface area contributed by atoms with Gasteiger partial charge in [0, 0.05) is 11.6 Å². The molecular formula is C18H22ClN3O. The average Bonchev–Trinajstić information content (AvgIpc) is 2.56. The predicted molar refractivity (Wildman–Crippen MR) is 94.3 cm³/mol. The molecule has 0 radical (unpaired) electrons. The molecule has 0 aliphatic heterocycles. The van der Waals surface area contributed by atoms with Gasteiger partial charge in [-0.25, -0.2) is 0 Å². The lowest BCUT2D eigenvalue weighted by Crippen LogP contribution is -2.39. The molecule has 23 heavy (non-hydrogen) atoms. The molecule has 2 aromatic carbocycles. The quantitative estimate of drug-likeness (QED) is 0.855. The van der Waals surface area contributed by atoms with Crippen molar-refractivity contribution in [1.29, 1.82) is 0 Å². The summed E-state index contributed by atoms with van der Waals surface area (Å²) in [5.41, 5.74) is 7.79. The molecule has 0 aliphatic rings. The van der Waals surface area contributed by atoms with Crippen LogP contribution >= 0.6 is 11.6 Å². The summed E-state index contributed by atoms with van der Waals surface area (Å²) in [5.74, 6) is -0.199. The first-order valence-corrected chi connectivity index (χ1v) is 7.87. The van der Waals surface area contributed by atoms with Crippen molar-refractivity contribution in [3.63, 3.8) is 0 Å². The molecule has 0 heterocycles. The molecule has 2 rings (SSSR count). The van der Waals surface area contributed by atoms with Gasteiger partial charge in [-0.2, -0.15) is 0 Å². The third-order valence-electron chi connectivity index (χ3n) is 3.80. The van der Waals surface area contributed by atoms with Crippen molar-refractivity contribution in [3.8, 4) is 0 Å². The largest absolute Gasteiger partial charge is 0.353 e. The Labute approximate surface area is 142 Å². The van der Waals surface area contributed by atoms with E-state index in [-0.39, 0.29) is 11.9 Å². The lowest BCUT2D eigenvalue weighted by molar-refractivity contribution is -0.122. The number of hydrogen-bond donors (Lipinski definition) is 2. The van der Waals surface area contributed by atoms with Crippen molar-refractivity contribution in [2.75, 3.05) is 20.6 Å². The predicted octanol–water partition coefficient (Wildman–Crippen LogP) is 2.76. The van der Waals surface area contributed by atoms with Crippen LogP contribution in [0, 0.1) is 0 Å². The minimum Gasteiger partial charge on any atom is -0.353 e. The fraction of sp³-hybridized carbons (Fsp3) is 0.278. The third-order valence-corrected chi connectivity index (χ3v) is 4.14. The van der Waals surface area contributed by atoms with E-state index in [4.69, 9.17) is 17.3 Å². The number of halogens is 1. The molecule has 122 valence electrons. The summed E-state index contributed by atoms with van der Waals surface area (Å²) in [4.78, 5) is 14.3. The highest BCUT2D eigenvalue weighted by Gasteiger charge is 2.20. The van der Waals surface area contributed by atoms with Gasteiger partial charge in [0.25, 0.3) is 0 Å². The van der Waals surface area contributed by atoms with Crippen LogP contribution in [0.15, 0.2) is 54.6 Å². The Morgan fingerprint density at radius 1 is 1.13 bits per heavy atom. The Hall–Kier alpha value is -1.88. The number of nitrogens with zero attached hydrogens (tertiary/aromatic N) is 1. The Kier molecular flexibility index (Phi) is 6.16. The Morgan fingerprint density at radius 2 is 1.74 bits per heavy atom. The maximum absolute atomic E-state index is 12.3. The number of nitrogens with two attached hydrogens (primary N) is 1. The molecule has 0 saturated heterocycles. The molecule has 0 aliphatic carbocycles. The van der Waals surface area contributed by atoms with Crippen molar-refractivity contribution >= 4 is 17.5 Å². The van der Waals surface area contributed by atoms with Crippen LogP contribution in [0.2, 0.25) is 5.02 Å². The molecule has 0 bridgehead atoms. The van der Waals surface area contributed by atoms with E-state index in [0.29, 0.717) is 11.6 Å². The minimum atomic E-state index is -0.676. The van der Waals surface area contributed by atoms with Crippen LogP contribution in [0.1, 0.15) is 23.2 Å². The molecule has 4 nitrogen and oxygen atoms in total. The van der Waals surface area contributed by atoms with Crippen molar-refractivity contribution in [1.82, 2.24) is 10.2 Å². The summed E-state index contributed by atoms with van der Waals surface area (Å²) in [6.45, 7) is 0.441. The lowest BCUT2D eigenvalue weighted by Gasteiger charge is -2.26. The van der Waals surface area contributed by atoms with Crippen LogP contribution < -0.4 is 11.1 Å². The second kappa shape index (κ2) is 8.11. The molecule has 2 atom stereocenters. The van der Waals surface area contributed by atoms with E-state index in [1.54, 1.807) is 0 Å². The van der Waals surface area contributed by atoms with E-state index in [2.05, 4.69) is 5.32 Å². The number of likely N-dealkylation sites (N-methyl/N-ethyl adjacent to an activating group) is 1. The van der Waals surface area contributed by atoms with Gasteiger partial charge in [0.15, 0.2) is 0 Å². The van der Waals surface area contributed by atoms with Gasteiger partial charge in [-0.3, -0.25) is 4.79 Å². The normalized spacial score (nSPS) is 13.6. The van der Waals surface area contributed by atoms with Gasteiger partial charge in [0.05, 0.1) is 6.04 Å². The minimum absolute atomic E-state index is 0.0179. The first-order valence-electron chi connectivity index (χ1n) is 7.49. The number of carbonyl (C=O) groups excluding carboxylic acids is 1. The highest BCUT2D eigenvalue weighted by Crippen LogP contribution is 2.25. The summed E-state index contributed by atoms with van der Waals surface area (Å²) in [7, 11) is 3.91. The zero-order valence-electron chi connectivity index (χ0n) is 13.4. The number of benzene rings is 2. The third kappa shape index (κ3) is 4.55. The summed E-state index contributed by atoms with van der Waals surface area (Å²) < 4.78 is 0. The van der Waals surface area contributed by atoms with E-state index in [1.807, 2.05) is 73.6 Å². The molecule has 2 aromatic rings. The summed E-state index contributed by atoms with van der Waals surface area (Å²) >= 11 is 6.27. The second-order valence-corrected chi connectivity index (χ2v) is 6.04. The van der Waals surface area contributed by atoms with Crippen molar-refractivity contribution in [3.05, 3.63) is 70.7 Å². The van der Waals surface area contributed by atoms with Gasteiger partial charge in [0.1, 0.15) is 6.04 Å². The monoisotopic (exact) mass is 331 g/mol. The topological polar surface area (TPSA) is 58.4 Å². The van der Waals surface area contributed by atoms with Gasteiger partial charge in [-0.15, -0.1) is 0 Å². The van der Waals surface area contributed by atoms with Crippen LogP contribution in [0.3, 0.4) is 0 Å². The molecule has 3 N–H and O–H groups in total. The van der Waals surface area contributed by atoms with Gasteiger partial charge < -0.3 is 16.0 Å². The smallest absolute Gasteiger partial charge is 0.241 e. The van der Waals surface area contributed by atoms with Gasteiger partial charge in [-0.05, 0) is 31.3 Å². The zero-order valence-corrected chi connectivity index (χ0v) is 14.1. The standard InChI is InChI=1S/C18H22ClN3O/c1-22(2)16(14-10-6-7-11-15(14)19)12-21-18(23)17(20)13-8-4-3-5-9-13/h3-11,16-17H,12,20H2,1-2H3,(H,21,23). The number of hydrogen-bond acceptors (Lipinski definition) is 3. The van der Waals surface area contributed by atoms with Crippen molar-refractivity contribution < 1.29 is 4.79 Å². The first-order chi connectivity index (χ1) is 11.0. The molecule has 1 amide bonds. The average molecular weight is 332 g/mol. The van der Waals surface area contributed by atoms with E-state index in [9.17, 15) is 4.79 Å². The fourth-order valence-corrected chi connectivity index (χ4v) is 2.70.